The molecule has 12 aromatic rings. The van der Waals surface area contributed by atoms with Crippen molar-refractivity contribution in [2.75, 3.05) is 4.90 Å². The van der Waals surface area contributed by atoms with Crippen molar-refractivity contribution >= 4 is 77.3 Å². The minimum atomic E-state index is 0.438. The van der Waals surface area contributed by atoms with Crippen LogP contribution in [-0.2, 0) is 0 Å². The molecular weight excluding hydrogens is 821 g/mol. The molecule has 0 amide bonds. The second-order valence-electron chi connectivity index (χ2n) is 18.4. The van der Waals surface area contributed by atoms with Crippen molar-refractivity contribution in [2.24, 2.45) is 5.92 Å². The summed E-state index contributed by atoms with van der Waals surface area (Å²) < 4.78 is 2.43. The molecular formula is C66H44N2. The predicted octanol–water partition coefficient (Wildman–Crippen LogP) is 18.0. The molecule has 14 rings (SSSR count). The van der Waals surface area contributed by atoms with Crippen LogP contribution in [0.1, 0.15) is 17.0 Å². The van der Waals surface area contributed by atoms with Gasteiger partial charge in [-0.25, -0.2) is 0 Å². The van der Waals surface area contributed by atoms with E-state index in [1.165, 1.54) is 98.6 Å². The van der Waals surface area contributed by atoms with Gasteiger partial charge in [0.1, 0.15) is 0 Å². The van der Waals surface area contributed by atoms with Crippen LogP contribution in [0.5, 0.6) is 0 Å². The van der Waals surface area contributed by atoms with Crippen LogP contribution in [0.15, 0.2) is 249 Å². The number of rotatable bonds is 7. The van der Waals surface area contributed by atoms with Crippen molar-refractivity contribution in [2.45, 2.75) is 5.92 Å². The zero-order valence-corrected chi connectivity index (χ0v) is 37.3. The lowest BCUT2D eigenvalue weighted by atomic mass is 9.70. The first kappa shape index (κ1) is 38.5. The van der Waals surface area contributed by atoms with Crippen molar-refractivity contribution in [1.82, 2.24) is 4.57 Å². The van der Waals surface area contributed by atoms with E-state index in [-0.39, 0.29) is 0 Å². The van der Waals surface area contributed by atoms with E-state index in [0.29, 0.717) is 11.8 Å². The third-order valence-corrected chi connectivity index (χ3v) is 14.7. The lowest BCUT2D eigenvalue weighted by molar-refractivity contribution is 0.637. The average molecular weight is 865 g/mol. The van der Waals surface area contributed by atoms with Crippen LogP contribution in [0.2, 0.25) is 0 Å². The maximum atomic E-state index is 2.43. The van der Waals surface area contributed by atoms with Crippen molar-refractivity contribution in [3.63, 3.8) is 0 Å². The number of aromatic nitrogens is 1. The topological polar surface area (TPSA) is 8.17 Å². The summed E-state index contributed by atoms with van der Waals surface area (Å²) in [6, 6.07) is 85.2. The van der Waals surface area contributed by atoms with Gasteiger partial charge in [-0.3, -0.25) is 0 Å². The molecule has 0 N–H and O–H groups in total. The van der Waals surface area contributed by atoms with Gasteiger partial charge in [0.25, 0.3) is 0 Å². The van der Waals surface area contributed by atoms with Crippen molar-refractivity contribution in [3.05, 3.63) is 260 Å². The quantitative estimate of drug-likeness (QED) is 0.114. The summed E-state index contributed by atoms with van der Waals surface area (Å²) in [5, 5.41) is 10.0. The summed E-state index contributed by atoms with van der Waals surface area (Å²) in [7, 11) is 0. The van der Waals surface area contributed by atoms with E-state index in [9.17, 15) is 0 Å². The van der Waals surface area contributed by atoms with E-state index in [1.54, 1.807) is 0 Å². The second-order valence-corrected chi connectivity index (χ2v) is 18.4. The maximum Gasteiger partial charge on any atom is 0.0553 e. The van der Waals surface area contributed by atoms with Crippen LogP contribution in [0.25, 0.3) is 99.3 Å². The zero-order valence-electron chi connectivity index (χ0n) is 37.3. The average Bonchev–Trinajstić information content (AvgIpc) is 3.72. The van der Waals surface area contributed by atoms with Gasteiger partial charge >= 0.3 is 0 Å². The number of hydrogen-bond donors (Lipinski definition) is 0. The monoisotopic (exact) mass is 864 g/mol. The molecule has 0 saturated heterocycles. The maximum absolute atomic E-state index is 2.43. The summed E-state index contributed by atoms with van der Waals surface area (Å²) in [5.74, 6) is 0.925. The molecule has 0 radical (unpaired) electrons. The molecule has 2 nitrogen and oxygen atoms in total. The molecule has 0 spiro atoms. The summed E-state index contributed by atoms with van der Waals surface area (Å²) in [5.41, 5.74) is 17.0. The molecule has 0 bridgehead atoms. The third-order valence-electron chi connectivity index (χ3n) is 14.7. The standard InChI is InChI=1S/C66H44N2/c1-2-16-52(17-3-1)68-62-23-9-8-21-61(62)66-63(68)42-49-13-5-7-20-59(49)65(66)51-15-10-18-55(41-51)67(54-36-30-46(31-37-54)58-22-11-14-47-26-24-45-32-39-60(45)64(47)58)53-34-28-43(29-35-53)48-33-38-57-50(40-48)27-25-44-12-4-6-19-56(44)57/h1-42,45,60H/t45?,60-/m1/s1. The lowest BCUT2D eigenvalue weighted by Crippen LogP contribution is -2.19. The molecule has 1 unspecified atom stereocenters. The highest BCUT2D eigenvalue weighted by Gasteiger charge is 2.30. The molecule has 1 aromatic heterocycles. The van der Waals surface area contributed by atoms with E-state index in [0.717, 1.165) is 22.7 Å². The lowest BCUT2D eigenvalue weighted by Gasteiger charge is -2.34. The Labute approximate surface area is 395 Å². The predicted molar refractivity (Wildman–Crippen MR) is 289 cm³/mol. The number of para-hydroxylation sites is 2. The van der Waals surface area contributed by atoms with Gasteiger partial charge in [0, 0.05) is 45.4 Å². The molecule has 2 aliphatic carbocycles. The van der Waals surface area contributed by atoms with Gasteiger partial charge in [-0.1, -0.05) is 188 Å². The Morgan fingerprint density at radius 1 is 0.368 bits per heavy atom. The van der Waals surface area contributed by atoms with Gasteiger partial charge in [-0.05, 0) is 144 Å². The number of anilines is 3. The van der Waals surface area contributed by atoms with Crippen molar-refractivity contribution in [3.8, 4) is 39.1 Å². The number of benzene rings is 11. The van der Waals surface area contributed by atoms with Crippen molar-refractivity contribution in [1.29, 1.82) is 0 Å². The van der Waals surface area contributed by atoms with Crippen LogP contribution in [0.3, 0.4) is 0 Å². The fourth-order valence-electron chi connectivity index (χ4n) is 11.4. The van der Waals surface area contributed by atoms with Crippen LogP contribution in [0.4, 0.5) is 17.1 Å². The SMILES string of the molecule is C1=CC2C=C[C@H]2c2c1cccc2-c1ccc(N(c2ccc(-c3ccc4c(ccc5ccccc54)c3)cc2)c2cccc(-c3c4ccccc4cc4c3c3ccccc3n4-c3ccccc3)c2)cc1. The second kappa shape index (κ2) is 15.4. The Hall–Kier alpha value is -8.72. The first-order valence-electron chi connectivity index (χ1n) is 23.7. The van der Waals surface area contributed by atoms with E-state index < -0.39 is 0 Å². The molecule has 318 valence electrons. The number of nitrogens with zero attached hydrogens (tertiary/aromatic N) is 2. The van der Waals surface area contributed by atoms with E-state index in [4.69, 9.17) is 0 Å². The van der Waals surface area contributed by atoms with E-state index in [1.807, 2.05) is 0 Å². The van der Waals surface area contributed by atoms with Gasteiger partial charge in [-0.2, -0.15) is 0 Å². The summed E-state index contributed by atoms with van der Waals surface area (Å²) >= 11 is 0. The van der Waals surface area contributed by atoms with Gasteiger partial charge in [0.05, 0.1) is 11.0 Å². The highest BCUT2D eigenvalue weighted by Crippen LogP contribution is 2.48. The number of hydrogen-bond acceptors (Lipinski definition) is 1. The molecule has 2 aliphatic rings. The third kappa shape index (κ3) is 6.11. The Kier molecular flexibility index (Phi) is 8.75. The Morgan fingerprint density at radius 2 is 1.03 bits per heavy atom. The van der Waals surface area contributed by atoms with Crippen LogP contribution < -0.4 is 4.90 Å². The molecule has 2 heteroatoms. The first-order chi connectivity index (χ1) is 33.7. The summed E-state index contributed by atoms with van der Waals surface area (Å²) in [6.45, 7) is 0. The first-order valence-corrected chi connectivity index (χ1v) is 23.7. The molecule has 0 fully saturated rings. The van der Waals surface area contributed by atoms with E-state index >= 15 is 0 Å². The molecule has 0 saturated carbocycles. The van der Waals surface area contributed by atoms with E-state index in [2.05, 4.69) is 264 Å². The number of fused-ring (bicyclic) bond motifs is 10. The Morgan fingerprint density at radius 3 is 1.84 bits per heavy atom. The molecule has 68 heavy (non-hydrogen) atoms. The highest BCUT2D eigenvalue weighted by atomic mass is 15.1. The molecule has 1 heterocycles. The summed E-state index contributed by atoms with van der Waals surface area (Å²) in [6.07, 6.45) is 9.35. The van der Waals surface area contributed by atoms with Gasteiger partial charge in [0.15, 0.2) is 0 Å². The van der Waals surface area contributed by atoms with Crippen LogP contribution in [0, 0.1) is 5.92 Å². The minimum absolute atomic E-state index is 0.438. The largest absolute Gasteiger partial charge is 0.310 e. The van der Waals surface area contributed by atoms with Crippen molar-refractivity contribution < 1.29 is 0 Å². The van der Waals surface area contributed by atoms with Crippen LogP contribution >= 0.6 is 0 Å². The highest BCUT2D eigenvalue weighted by molar-refractivity contribution is 6.23. The fraction of sp³-hybridized carbons (Fsp3) is 0.0303. The van der Waals surface area contributed by atoms with Gasteiger partial charge < -0.3 is 9.47 Å². The molecule has 11 aromatic carbocycles. The smallest absolute Gasteiger partial charge is 0.0553 e. The van der Waals surface area contributed by atoms with Crippen LogP contribution in [-0.4, -0.2) is 4.57 Å². The normalized spacial score (nSPS) is 14.9. The van der Waals surface area contributed by atoms with Gasteiger partial charge in [-0.15, -0.1) is 0 Å². The fourth-order valence-corrected chi connectivity index (χ4v) is 11.4. The molecule has 2 atom stereocenters. The Bertz CT molecular complexity index is 4020. The molecule has 0 aliphatic heterocycles. The Balaban J connectivity index is 0.931. The minimum Gasteiger partial charge on any atom is -0.310 e. The zero-order chi connectivity index (χ0) is 44.7. The number of allylic oxidation sites excluding steroid dienone is 3. The summed E-state index contributed by atoms with van der Waals surface area (Å²) in [4.78, 5) is 2.42. The van der Waals surface area contributed by atoms with Gasteiger partial charge in [0.2, 0.25) is 0 Å².